The van der Waals surface area contributed by atoms with E-state index in [2.05, 4.69) is 36.4 Å². The fourth-order valence-electron chi connectivity index (χ4n) is 2.71. The summed E-state index contributed by atoms with van der Waals surface area (Å²) < 4.78 is 9.92. The first kappa shape index (κ1) is 17.8. The first-order valence-electron chi connectivity index (χ1n) is 8.10. The molecule has 0 aliphatic heterocycles. The number of esters is 1. The quantitative estimate of drug-likeness (QED) is 0.432. The van der Waals surface area contributed by atoms with Crippen molar-refractivity contribution < 1.29 is 14.3 Å². The Balaban J connectivity index is 2.12. The van der Waals surface area contributed by atoms with Gasteiger partial charge < -0.3 is 9.47 Å². The van der Waals surface area contributed by atoms with E-state index in [-0.39, 0.29) is 5.97 Å². The lowest BCUT2D eigenvalue weighted by atomic mass is 9.96. The van der Waals surface area contributed by atoms with Crippen molar-refractivity contribution >= 4 is 11.5 Å². The van der Waals surface area contributed by atoms with Crippen molar-refractivity contribution in [2.45, 2.75) is 26.2 Å². The van der Waals surface area contributed by atoms with Gasteiger partial charge in [0.05, 0.1) is 20.5 Å². The highest BCUT2D eigenvalue weighted by Gasteiger charge is 2.15. The van der Waals surface area contributed by atoms with Crippen LogP contribution in [0.25, 0.3) is 5.57 Å². The molecule has 3 nitrogen and oxygen atoms in total. The summed E-state index contributed by atoms with van der Waals surface area (Å²) in [5.74, 6) is -0.388. The van der Waals surface area contributed by atoms with Gasteiger partial charge in [0.1, 0.15) is 5.57 Å². The number of aryl methyl sites for hydroxylation is 3. The Morgan fingerprint density at radius 2 is 1.71 bits per heavy atom. The van der Waals surface area contributed by atoms with Crippen LogP contribution in [0.3, 0.4) is 0 Å². The van der Waals surface area contributed by atoms with E-state index in [4.69, 9.17) is 9.47 Å². The second-order valence-electron chi connectivity index (χ2n) is 5.75. The fourth-order valence-corrected chi connectivity index (χ4v) is 2.71. The Morgan fingerprint density at radius 3 is 2.38 bits per heavy atom. The molecule has 0 amide bonds. The smallest absolute Gasteiger partial charge is 0.341 e. The van der Waals surface area contributed by atoms with E-state index in [1.54, 1.807) is 0 Å². The summed E-state index contributed by atoms with van der Waals surface area (Å²) in [6, 6.07) is 16.7. The zero-order valence-electron chi connectivity index (χ0n) is 14.5. The average Bonchev–Trinajstić information content (AvgIpc) is 2.61. The topological polar surface area (TPSA) is 35.5 Å². The van der Waals surface area contributed by atoms with Crippen molar-refractivity contribution in [3.8, 4) is 0 Å². The van der Waals surface area contributed by atoms with E-state index in [1.807, 2.05) is 19.1 Å². The van der Waals surface area contributed by atoms with Gasteiger partial charge in [0.25, 0.3) is 0 Å². The number of methoxy groups -OCH3 is 2. The van der Waals surface area contributed by atoms with Gasteiger partial charge in [0, 0.05) is 0 Å². The lowest BCUT2D eigenvalue weighted by Gasteiger charge is -2.11. The first-order valence-corrected chi connectivity index (χ1v) is 8.10. The van der Waals surface area contributed by atoms with E-state index < -0.39 is 0 Å². The molecule has 126 valence electrons. The van der Waals surface area contributed by atoms with Crippen LogP contribution in [0.2, 0.25) is 0 Å². The highest BCUT2D eigenvalue weighted by molar-refractivity contribution is 6.16. The number of ether oxygens (including phenoxy) is 2. The van der Waals surface area contributed by atoms with Crippen LogP contribution in [0.15, 0.2) is 54.8 Å². The summed E-state index contributed by atoms with van der Waals surface area (Å²) >= 11 is 0. The van der Waals surface area contributed by atoms with Crippen LogP contribution < -0.4 is 0 Å². The zero-order valence-corrected chi connectivity index (χ0v) is 14.5. The Bertz CT molecular complexity index is 702. The molecule has 0 N–H and O–H groups in total. The molecule has 2 aromatic rings. The lowest BCUT2D eigenvalue weighted by molar-refractivity contribution is -0.133. The molecule has 0 saturated heterocycles. The maximum absolute atomic E-state index is 12.0. The van der Waals surface area contributed by atoms with Gasteiger partial charge in [-0.15, -0.1) is 0 Å². The summed E-state index contributed by atoms with van der Waals surface area (Å²) in [7, 11) is 2.91. The van der Waals surface area contributed by atoms with Gasteiger partial charge >= 0.3 is 5.97 Å². The monoisotopic (exact) mass is 324 g/mol. The third kappa shape index (κ3) is 4.72. The van der Waals surface area contributed by atoms with Crippen molar-refractivity contribution in [1.29, 1.82) is 0 Å². The van der Waals surface area contributed by atoms with Crippen molar-refractivity contribution in [1.82, 2.24) is 0 Å². The van der Waals surface area contributed by atoms with Crippen LogP contribution in [0, 0.1) is 6.92 Å². The zero-order chi connectivity index (χ0) is 17.4. The van der Waals surface area contributed by atoms with Gasteiger partial charge in [-0.3, -0.25) is 0 Å². The molecule has 0 atom stereocenters. The van der Waals surface area contributed by atoms with Gasteiger partial charge in [0.2, 0.25) is 0 Å². The van der Waals surface area contributed by atoms with Crippen LogP contribution >= 0.6 is 0 Å². The van der Waals surface area contributed by atoms with Crippen molar-refractivity contribution in [3.63, 3.8) is 0 Å². The van der Waals surface area contributed by atoms with E-state index in [0.29, 0.717) is 5.57 Å². The number of hydrogen-bond acceptors (Lipinski definition) is 3. The molecule has 2 aromatic carbocycles. The molecular weight excluding hydrogens is 300 g/mol. The summed E-state index contributed by atoms with van der Waals surface area (Å²) in [6.07, 6.45) is 4.52. The SMILES string of the molecule is CO/C=C(/C(=O)OC)c1cc(CCCc2ccccc2)ccc1C. The van der Waals surface area contributed by atoms with Gasteiger partial charge in [-0.05, 0) is 48.4 Å². The largest absolute Gasteiger partial charge is 0.503 e. The van der Waals surface area contributed by atoms with Gasteiger partial charge in [-0.1, -0.05) is 48.5 Å². The molecule has 0 bridgehead atoms. The van der Waals surface area contributed by atoms with Crippen LogP contribution in [0.4, 0.5) is 0 Å². The Labute approximate surface area is 143 Å². The Hall–Kier alpha value is -2.55. The Kier molecular flexibility index (Phi) is 6.62. The molecule has 0 aliphatic rings. The third-order valence-electron chi connectivity index (χ3n) is 4.01. The first-order chi connectivity index (χ1) is 11.7. The van der Waals surface area contributed by atoms with Crippen molar-refractivity contribution in [2.75, 3.05) is 14.2 Å². The molecular formula is C21H24O3. The number of benzene rings is 2. The van der Waals surface area contributed by atoms with Crippen LogP contribution in [-0.2, 0) is 27.1 Å². The van der Waals surface area contributed by atoms with Crippen LogP contribution in [-0.4, -0.2) is 20.2 Å². The molecule has 0 aliphatic carbocycles. The summed E-state index contributed by atoms with van der Waals surface area (Å²) in [5, 5.41) is 0. The molecule has 2 rings (SSSR count). The van der Waals surface area contributed by atoms with E-state index >= 15 is 0 Å². The van der Waals surface area contributed by atoms with Crippen molar-refractivity contribution in [3.05, 3.63) is 77.0 Å². The molecule has 0 unspecified atom stereocenters. The van der Waals surface area contributed by atoms with E-state index in [9.17, 15) is 4.79 Å². The molecule has 0 fully saturated rings. The van der Waals surface area contributed by atoms with Gasteiger partial charge in [-0.25, -0.2) is 4.79 Å². The normalized spacial score (nSPS) is 11.2. The predicted molar refractivity (Wildman–Crippen MR) is 96.6 cm³/mol. The molecule has 3 heteroatoms. The molecule has 0 heterocycles. The minimum Gasteiger partial charge on any atom is -0.503 e. The number of carbonyl (C=O) groups excluding carboxylic acids is 1. The maximum Gasteiger partial charge on any atom is 0.341 e. The predicted octanol–water partition coefficient (Wildman–Crippen LogP) is 4.33. The average molecular weight is 324 g/mol. The summed E-state index contributed by atoms with van der Waals surface area (Å²) in [4.78, 5) is 12.0. The van der Waals surface area contributed by atoms with Gasteiger partial charge in [-0.2, -0.15) is 0 Å². The standard InChI is InChI=1S/C21H24O3/c1-16-12-13-18(11-7-10-17-8-5-4-6-9-17)14-19(16)20(15-23-2)21(22)24-3/h4-6,8-9,12-15H,7,10-11H2,1-3H3/b20-15+. The molecule has 0 radical (unpaired) electrons. The van der Waals surface area contributed by atoms with E-state index in [1.165, 1.54) is 31.6 Å². The molecule has 0 spiro atoms. The molecule has 0 aromatic heterocycles. The van der Waals surface area contributed by atoms with Crippen molar-refractivity contribution in [2.24, 2.45) is 0 Å². The number of rotatable bonds is 7. The number of hydrogen-bond donors (Lipinski definition) is 0. The second-order valence-corrected chi connectivity index (χ2v) is 5.75. The van der Waals surface area contributed by atoms with Crippen LogP contribution in [0.5, 0.6) is 0 Å². The molecule has 0 saturated carbocycles. The minimum absolute atomic E-state index is 0.388. The summed E-state index contributed by atoms with van der Waals surface area (Å²) in [5.41, 5.74) is 4.88. The minimum atomic E-state index is -0.388. The maximum atomic E-state index is 12.0. The fraction of sp³-hybridized carbons (Fsp3) is 0.286. The summed E-state index contributed by atoms with van der Waals surface area (Å²) in [6.45, 7) is 1.98. The highest BCUT2D eigenvalue weighted by Crippen LogP contribution is 2.23. The lowest BCUT2D eigenvalue weighted by Crippen LogP contribution is -2.06. The third-order valence-corrected chi connectivity index (χ3v) is 4.01. The highest BCUT2D eigenvalue weighted by atomic mass is 16.5. The second kappa shape index (κ2) is 8.92. The number of carbonyl (C=O) groups is 1. The molecule has 24 heavy (non-hydrogen) atoms. The van der Waals surface area contributed by atoms with E-state index in [0.717, 1.165) is 30.4 Å². The Morgan fingerprint density at radius 1 is 1.00 bits per heavy atom. The van der Waals surface area contributed by atoms with Gasteiger partial charge in [0.15, 0.2) is 0 Å². The van der Waals surface area contributed by atoms with Crippen LogP contribution in [0.1, 0.15) is 28.7 Å².